The Bertz CT molecular complexity index is 2800. The highest BCUT2D eigenvalue weighted by molar-refractivity contribution is 7.26. The summed E-state index contributed by atoms with van der Waals surface area (Å²) < 4.78 is 9.12. The van der Waals surface area contributed by atoms with Crippen LogP contribution < -0.4 is 0 Å². The summed E-state index contributed by atoms with van der Waals surface area (Å²) in [7, 11) is 0. The molecule has 0 amide bonds. The van der Waals surface area contributed by atoms with Crippen molar-refractivity contribution in [1.29, 1.82) is 0 Å². The third-order valence-electron chi connectivity index (χ3n) is 11.3. The lowest BCUT2D eigenvalue weighted by atomic mass is 9.68. The highest BCUT2D eigenvalue weighted by Gasteiger charge is 2.44. The Balaban J connectivity index is 1.11. The first kappa shape index (κ1) is 28.3. The number of hydrogen-bond acceptors (Lipinski definition) is 4. The Labute approximate surface area is 293 Å². The van der Waals surface area contributed by atoms with E-state index in [4.69, 9.17) is 14.4 Å². The Morgan fingerprint density at radius 2 is 1.30 bits per heavy atom. The van der Waals surface area contributed by atoms with Gasteiger partial charge in [0.05, 0.1) is 15.9 Å². The second kappa shape index (κ2) is 10.7. The molecule has 0 N–H and O–H groups in total. The highest BCUT2D eigenvalue weighted by Crippen LogP contribution is 2.58. The van der Waals surface area contributed by atoms with Crippen molar-refractivity contribution >= 4 is 53.6 Å². The quantitative estimate of drug-likeness (QED) is 0.189. The van der Waals surface area contributed by atoms with E-state index in [1.807, 2.05) is 0 Å². The molecule has 0 atom stereocenters. The molecule has 238 valence electrons. The number of aromatic nitrogens is 2. The molecular weight excluding hydrogens is 629 g/mol. The zero-order valence-corrected chi connectivity index (χ0v) is 28.3. The first-order valence-corrected chi connectivity index (χ1v) is 18.5. The number of hydrogen-bond donors (Lipinski definition) is 0. The molecule has 6 aromatic carbocycles. The van der Waals surface area contributed by atoms with Crippen LogP contribution in [0, 0.1) is 0 Å². The summed E-state index contributed by atoms with van der Waals surface area (Å²) in [6.07, 6.45) is 6.34. The number of thiophene rings is 1. The molecule has 1 saturated carbocycles. The second-order valence-corrected chi connectivity index (χ2v) is 15.0. The highest BCUT2D eigenvalue weighted by atomic mass is 32.1. The molecule has 3 aromatic heterocycles. The molecule has 0 unspecified atom stereocenters. The molecule has 2 aliphatic rings. The monoisotopic (exact) mass is 660 g/mol. The topological polar surface area (TPSA) is 38.9 Å². The van der Waals surface area contributed by atoms with E-state index in [9.17, 15) is 0 Å². The van der Waals surface area contributed by atoms with Crippen molar-refractivity contribution < 1.29 is 4.42 Å². The van der Waals surface area contributed by atoms with Gasteiger partial charge in [-0.15, -0.1) is 11.3 Å². The summed E-state index contributed by atoms with van der Waals surface area (Å²) in [4.78, 5) is 10.5. The van der Waals surface area contributed by atoms with Crippen LogP contribution >= 0.6 is 11.3 Å². The van der Waals surface area contributed by atoms with Crippen molar-refractivity contribution in [2.45, 2.75) is 37.5 Å². The molecule has 50 heavy (non-hydrogen) atoms. The zero-order valence-electron chi connectivity index (χ0n) is 27.4. The number of benzene rings is 6. The van der Waals surface area contributed by atoms with Crippen LogP contribution in [0.5, 0.6) is 0 Å². The molecule has 0 aliphatic heterocycles. The lowest BCUT2D eigenvalue weighted by Gasteiger charge is -2.36. The molecule has 11 rings (SSSR count). The minimum Gasteiger partial charge on any atom is -0.455 e. The molecule has 9 aromatic rings. The Morgan fingerprint density at radius 3 is 2.22 bits per heavy atom. The number of fused-ring (bicyclic) bond motifs is 11. The van der Waals surface area contributed by atoms with Gasteiger partial charge in [0.2, 0.25) is 0 Å². The lowest BCUT2D eigenvalue weighted by Crippen LogP contribution is -2.27. The number of furan rings is 1. The van der Waals surface area contributed by atoms with Gasteiger partial charge in [0.15, 0.2) is 5.82 Å². The summed E-state index contributed by atoms with van der Waals surface area (Å²) in [5, 5.41) is 3.36. The van der Waals surface area contributed by atoms with Gasteiger partial charge in [0, 0.05) is 43.0 Å². The predicted molar refractivity (Wildman–Crippen MR) is 208 cm³/mol. The van der Waals surface area contributed by atoms with Crippen molar-refractivity contribution in [2.75, 3.05) is 0 Å². The number of nitrogens with zero attached hydrogens (tertiary/aromatic N) is 2. The zero-order chi connectivity index (χ0) is 32.8. The molecule has 4 heteroatoms. The first-order chi connectivity index (χ1) is 24.8. The Kier molecular flexibility index (Phi) is 6.06. The average Bonchev–Trinajstić information content (AvgIpc) is 3.84. The number of rotatable bonds is 3. The van der Waals surface area contributed by atoms with Crippen molar-refractivity contribution in [3.05, 3.63) is 145 Å². The predicted octanol–water partition coefficient (Wildman–Crippen LogP) is 13.0. The van der Waals surface area contributed by atoms with E-state index in [1.54, 1.807) is 11.3 Å². The molecule has 0 bridgehead atoms. The van der Waals surface area contributed by atoms with Gasteiger partial charge < -0.3 is 4.42 Å². The Hall–Kier alpha value is -5.58. The maximum absolute atomic E-state index is 6.78. The molecule has 1 fully saturated rings. The molecule has 3 heterocycles. The van der Waals surface area contributed by atoms with Crippen LogP contribution in [0.2, 0.25) is 0 Å². The van der Waals surface area contributed by atoms with E-state index in [2.05, 4.69) is 133 Å². The fourth-order valence-electron chi connectivity index (χ4n) is 9.08. The van der Waals surface area contributed by atoms with E-state index < -0.39 is 0 Å². The minimum absolute atomic E-state index is 0.115. The van der Waals surface area contributed by atoms with Crippen LogP contribution in [-0.2, 0) is 5.41 Å². The molecule has 2 aliphatic carbocycles. The second-order valence-electron chi connectivity index (χ2n) is 13.9. The molecule has 1 spiro atoms. The van der Waals surface area contributed by atoms with E-state index in [0.717, 1.165) is 60.4 Å². The van der Waals surface area contributed by atoms with E-state index >= 15 is 0 Å². The van der Waals surface area contributed by atoms with Crippen LogP contribution in [0.25, 0.3) is 87.1 Å². The summed E-state index contributed by atoms with van der Waals surface area (Å²) in [5.41, 5.74) is 14.2. The van der Waals surface area contributed by atoms with Gasteiger partial charge in [-0.2, -0.15) is 0 Å². The van der Waals surface area contributed by atoms with Crippen LogP contribution in [0.4, 0.5) is 0 Å². The van der Waals surface area contributed by atoms with Crippen molar-refractivity contribution in [2.24, 2.45) is 0 Å². The van der Waals surface area contributed by atoms with Gasteiger partial charge in [0.25, 0.3) is 0 Å². The summed E-state index contributed by atoms with van der Waals surface area (Å²) >= 11 is 1.76. The van der Waals surface area contributed by atoms with Gasteiger partial charge in [0.1, 0.15) is 11.2 Å². The van der Waals surface area contributed by atoms with Crippen molar-refractivity contribution in [3.63, 3.8) is 0 Å². The first-order valence-electron chi connectivity index (χ1n) is 17.7. The fraction of sp³-hybridized carbons (Fsp3) is 0.130. The van der Waals surface area contributed by atoms with Crippen LogP contribution in [0.3, 0.4) is 0 Å². The number of para-hydroxylation sites is 1. The molecule has 3 nitrogen and oxygen atoms in total. The van der Waals surface area contributed by atoms with E-state index in [1.165, 1.54) is 70.0 Å². The third-order valence-corrected chi connectivity index (χ3v) is 12.5. The maximum atomic E-state index is 6.78. The fourth-order valence-corrected chi connectivity index (χ4v) is 10.2. The third kappa shape index (κ3) is 3.97. The van der Waals surface area contributed by atoms with Gasteiger partial charge >= 0.3 is 0 Å². The molecule has 0 radical (unpaired) electrons. The SMILES string of the molecule is c1ccc(-c2nc(-c3ccc4oc5c(-c6cccc7c6-c6ccccc6C76CCCCC6)cccc5c4c3)nc3c2sc2ccccc23)cc1. The summed E-state index contributed by atoms with van der Waals surface area (Å²) in [6.45, 7) is 0. The van der Waals surface area contributed by atoms with Gasteiger partial charge in [-0.25, -0.2) is 9.97 Å². The molecular formula is C46H32N2OS. The smallest absolute Gasteiger partial charge is 0.160 e. The molecule has 0 saturated heterocycles. The summed E-state index contributed by atoms with van der Waals surface area (Å²) in [5.74, 6) is 0.725. The Morgan fingerprint density at radius 1 is 0.560 bits per heavy atom. The van der Waals surface area contributed by atoms with Crippen molar-refractivity contribution in [1.82, 2.24) is 9.97 Å². The van der Waals surface area contributed by atoms with Gasteiger partial charge in [-0.1, -0.05) is 128 Å². The summed E-state index contributed by atoms with van der Waals surface area (Å²) in [6, 6.07) is 48.2. The van der Waals surface area contributed by atoms with Crippen molar-refractivity contribution in [3.8, 4) is 44.9 Å². The van der Waals surface area contributed by atoms with Crippen LogP contribution in [0.15, 0.2) is 138 Å². The standard InChI is InChI=1S/C46H32N2OS/c1-3-13-28(14-4-1)41-44-42(34-16-6-8-22-39(34)50-44)48-45(47-41)29-23-24-38-35(27-29)32-19-11-18-31(43(32)49-38)30-17-12-21-37-40(30)33-15-5-7-20-36(33)46(37)25-9-2-10-26-46/h1,3-8,11-24,27H,2,9-10,25-26H2. The lowest BCUT2D eigenvalue weighted by molar-refractivity contribution is 0.353. The minimum atomic E-state index is 0.115. The van der Waals surface area contributed by atoms with E-state index in [0.29, 0.717) is 0 Å². The van der Waals surface area contributed by atoms with Crippen LogP contribution in [0.1, 0.15) is 43.2 Å². The van der Waals surface area contributed by atoms with E-state index in [-0.39, 0.29) is 5.41 Å². The van der Waals surface area contributed by atoms with Gasteiger partial charge in [-0.05, 0) is 64.9 Å². The largest absolute Gasteiger partial charge is 0.455 e. The van der Waals surface area contributed by atoms with Gasteiger partial charge in [-0.3, -0.25) is 0 Å². The maximum Gasteiger partial charge on any atom is 0.160 e. The normalized spacial score (nSPS) is 15.0. The average molecular weight is 661 g/mol. The van der Waals surface area contributed by atoms with Crippen LogP contribution in [-0.4, -0.2) is 9.97 Å².